The highest BCUT2D eigenvalue weighted by Gasteiger charge is 2.15. The Morgan fingerprint density at radius 2 is 2.10 bits per heavy atom. The molecule has 3 heterocycles. The lowest BCUT2D eigenvalue weighted by Crippen LogP contribution is -2.32. The second-order valence-corrected chi connectivity index (χ2v) is 8.16. The third-order valence-electron chi connectivity index (χ3n) is 4.71. The highest BCUT2D eigenvalue weighted by molar-refractivity contribution is 7.71. The van der Waals surface area contributed by atoms with Crippen LogP contribution < -0.4 is 10.9 Å². The van der Waals surface area contributed by atoms with Crippen LogP contribution >= 0.6 is 23.6 Å². The zero-order valence-electron chi connectivity index (χ0n) is 16.3. The minimum Gasteiger partial charge on any atom is -0.351 e. The van der Waals surface area contributed by atoms with Gasteiger partial charge in [0, 0.05) is 43.2 Å². The fraction of sp³-hybridized carbons (Fsp3) is 0.250. The van der Waals surface area contributed by atoms with Crippen molar-refractivity contribution in [2.45, 2.75) is 26.3 Å². The number of aromatic nitrogens is 5. The van der Waals surface area contributed by atoms with Crippen LogP contribution in [0.2, 0.25) is 0 Å². The van der Waals surface area contributed by atoms with Crippen molar-refractivity contribution in [3.8, 4) is 0 Å². The summed E-state index contributed by atoms with van der Waals surface area (Å²) in [6.07, 6.45) is 4.32. The van der Waals surface area contributed by atoms with Crippen LogP contribution in [0.1, 0.15) is 33.5 Å². The van der Waals surface area contributed by atoms with Crippen molar-refractivity contribution in [3.05, 3.63) is 79.7 Å². The summed E-state index contributed by atoms with van der Waals surface area (Å²) < 4.78 is 3.86. The predicted octanol–water partition coefficient (Wildman–Crippen LogP) is 2.59. The second-order valence-electron chi connectivity index (χ2n) is 6.68. The van der Waals surface area contributed by atoms with E-state index in [1.165, 1.54) is 21.9 Å². The van der Waals surface area contributed by atoms with Gasteiger partial charge in [0.15, 0.2) is 9.73 Å². The molecule has 0 aliphatic carbocycles. The fourth-order valence-electron chi connectivity index (χ4n) is 3.22. The highest BCUT2D eigenvalue weighted by Crippen LogP contribution is 2.18. The first-order valence-corrected chi connectivity index (χ1v) is 10.8. The molecule has 0 aliphatic heterocycles. The molecule has 2 N–H and O–H groups in total. The number of fused-ring (bicyclic) bond motifs is 1. The number of amides is 1. The molecular weight excluding hydrogens is 420 g/mol. The summed E-state index contributed by atoms with van der Waals surface area (Å²) in [4.78, 5) is 31.2. The van der Waals surface area contributed by atoms with Gasteiger partial charge in [-0.15, -0.1) is 11.3 Å². The Kier molecular flexibility index (Phi) is 5.86. The third-order valence-corrected chi connectivity index (χ3v) is 6.02. The van der Waals surface area contributed by atoms with Crippen molar-refractivity contribution in [2.75, 3.05) is 6.54 Å². The van der Waals surface area contributed by atoms with Crippen molar-refractivity contribution in [2.24, 2.45) is 0 Å². The molecule has 4 rings (SSSR count). The zero-order chi connectivity index (χ0) is 21.1. The molecule has 0 saturated heterocycles. The zero-order valence-corrected chi connectivity index (χ0v) is 17.9. The first-order valence-electron chi connectivity index (χ1n) is 9.53. The Bertz CT molecular complexity index is 1300. The summed E-state index contributed by atoms with van der Waals surface area (Å²) in [6.45, 7) is 3.01. The van der Waals surface area contributed by atoms with E-state index in [-0.39, 0.29) is 11.1 Å². The number of nitrogens with one attached hydrogen (secondary N) is 2. The number of carbonyl (C=O) groups is 1. The van der Waals surface area contributed by atoms with Gasteiger partial charge in [-0.05, 0) is 24.7 Å². The van der Waals surface area contributed by atoms with Crippen LogP contribution in [0, 0.1) is 4.77 Å². The Morgan fingerprint density at radius 3 is 2.87 bits per heavy atom. The lowest BCUT2D eigenvalue weighted by Gasteiger charge is -2.06. The van der Waals surface area contributed by atoms with Crippen LogP contribution in [0.15, 0.2) is 47.5 Å². The smallest absolute Gasteiger partial charge is 0.271 e. The van der Waals surface area contributed by atoms with Crippen molar-refractivity contribution in [3.63, 3.8) is 0 Å². The largest absolute Gasteiger partial charge is 0.351 e. The molecule has 10 heteroatoms. The molecule has 0 bridgehead atoms. The summed E-state index contributed by atoms with van der Waals surface area (Å²) in [6, 6.07) is 10.0. The summed E-state index contributed by atoms with van der Waals surface area (Å²) in [5.41, 5.74) is 0.801. The van der Waals surface area contributed by atoms with E-state index >= 15 is 0 Å². The fourth-order valence-corrected chi connectivity index (χ4v) is 4.47. The van der Waals surface area contributed by atoms with Crippen molar-refractivity contribution < 1.29 is 4.79 Å². The SMILES string of the molecule is CCn1c(CCNC(=O)c2cnc3sc(Cc4ccccc4)cn3c2=O)n[nH]c1=S. The minimum atomic E-state index is -0.449. The van der Waals surface area contributed by atoms with Gasteiger partial charge in [0.25, 0.3) is 11.5 Å². The van der Waals surface area contributed by atoms with Gasteiger partial charge in [-0.25, -0.2) is 4.98 Å². The van der Waals surface area contributed by atoms with Crippen molar-refractivity contribution >= 4 is 34.4 Å². The van der Waals surface area contributed by atoms with E-state index in [0.717, 1.165) is 16.3 Å². The van der Waals surface area contributed by atoms with Gasteiger partial charge in [0.1, 0.15) is 11.4 Å². The van der Waals surface area contributed by atoms with Gasteiger partial charge in [-0.2, -0.15) is 5.10 Å². The molecule has 0 fully saturated rings. The molecule has 0 radical (unpaired) electrons. The second kappa shape index (κ2) is 8.72. The molecule has 1 amide bonds. The Hall–Kier alpha value is -3.11. The van der Waals surface area contributed by atoms with E-state index < -0.39 is 5.91 Å². The Morgan fingerprint density at radius 1 is 1.30 bits per heavy atom. The molecule has 0 spiro atoms. The van der Waals surface area contributed by atoms with E-state index in [1.807, 2.05) is 41.8 Å². The van der Waals surface area contributed by atoms with Gasteiger partial charge < -0.3 is 9.88 Å². The quantitative estimate of drug-likeness (QED) is 0.431. The molecule has 1 aromatic carbocycles. The predicted molar refractivity (Wildman–Crippen MR) is 118 cm³/mol. The summed E-state index contributed by atoms with van der Waals surface area (Å²) in [5.74, 6) is 0.311. The minimum absolute atomic E-state index is 0.0194. The number of H-pyrrole nitrogens is 1. The van der Waals surface area contributed by atoms with Crippen LogP contribution in [-0.2, 0) is 19.4 Å². The van der Waals surface area contributed by atoms with Crippen molar-refractivity contribution in [1.29, 1.82) is 0 Å². The van der Waals surface area contributed by atoms with Crippen LogP contribution in [-0.4, -0.2) is 36.6 Å². The third kappa shape index (κ3) is 4.10. The van der Waals surface area contributed by atoms with Crippen LogP contribution in [0.4, 0.5) is 0 Å². The normalized spacial score (nSPS) is 11.1. The van der Waals surface area contributed by atoms with E-state index in [1.54, 1.807) is 6.20 Å². The lowest BCUT2D eigenvalue weighted by molar-refractivity contribution is 0.0952. The molecule has 0 saturated carbocycles. The van der Waals surface area contributed by atoms with E-state index in [0.29, 0.717) is 35.7 Å². The van der Waals surface area contributed by atoms with Crippen LogP contribution in [0.5, 0.6) is 0 Å². The van der Waals surface area contributed by atoms with Crippen LogP contribution in [0.3, 0.4) is 0 Å². The Labute approximate surface area is 181 Å². The van der Waals surface area contributed by atoms with Gasteiger partial charge in [0.05, 0.1) is 0 Å². The molecule has 30 heavy (non-hydrogen) atoms. The number of rotatable bonds is 7. The molecule has 4 aromatic rings. The summed E-state index contributed by atoms with van der Waals surface area (Å²) in [5, 5.41) is 9.69. The number of hydrogen-bond donors (Lipinski definition) is 2. The average Bonchev–Trinajstić information content (AvgIpc) is 3.32. The molecule has 3 aromatic heterocycles. The molecule has 154 valence electrons. The average molecular weight is 441 g/mol. The van der Waals surface area contributed by atoms with E-state index in [9.17, 15) is 9.59 Å². The number of carbonyl (C=O) groups excluding carboxylic acids is 1. The lowest BCUT2D eigenvalue weighted by atomic mass is 10.1. The molecule has 8 nitrogen and oxygen atoms in total. The number of benzene rings is 1. The molecule has 0 atom stereocenters. The summed E-state index contributed by atoms with van der Waals surface area (Å²) >= 11 is 6.61. The number of hydrogen-bond acceptors (Lipinski definition) is 6. The maximum absolute atomic E-state index is 12.8. The maximum atomic E-state index is 12.8. The first kappa shape index (κ1) is 20.2. The van der Waals surface area contributed by atoms with E-state index in [2.05, 4.69) is 20.5 Å². The van der Waals surface area contributed by atoms with Gasteiger partial charge in [-0.1, -0.05) is 30.3 Å². The summed E-state index contributed by atoms with van der Waals surface area (Å²) in [7, 11) is 0. The first-order chi connectivity index (χ1) is 14.6. The van der Waals surface area contributed by atoms with Gasteiger partial charge in [0.2, 0.25) is 0 Å². The number of aromatic amines is 1. The topological polar surface area (TPSA) is 97.1 Å². The Balaban J connectivity index is 1.48. The highest BCUT2D eigenvalue weighted by atomic mass is 32.1. The standard InChI is InChI=1S/C20H20N6O2S2/c1-2-25-16(23-24-19(25)29)8-9-21-17(27)15-11-22-20-26(18(15)28)12-14(30-20)10-13-6-4-3-5-7-13/h3-7,11-12H,2,8-10H2,1H3,(H,21,27)(H,24,29). The number of nitrogens with zero attached hydrogens (tertiary/aromatic N) is 4. The maximum Gasteiger partial charge on any atom is 0.271 e. The van der Waals surface area contributed by atoms with Gasteiger partial charge in [-0.3, -0.25) is 19.1 Å². The van der Waals surface area contributed by atoms with Crippen LogP contribution in [0.25, 0.3) is 4.96 Å². The number of thiazole rings is 1. The van der Waals surface area contributed by atoms with Gasteiger partial charge >= 0.3 is 0 Å². The van der Waals surface area contributed by atoms with E-state index in [4.69, 9.17) is 12.2 Å². The monoisotopic (exact) mass is 440 g/mol. The van der Waals surface area contributed by atoms with Crippen molar-refractivity contribution in [1.82, 2.24) is 29.5 Å². The molecular formula is C20H20N6O2S2. The molecule has 0 unspecified atom stereocenters. The molecule has 0 aliphatic rings.